The topological polar surface area (TPSA) is 32.3 Å². The van der Waals surface area contributed by atoms with E-state index in [0.29, 0.717) is 12.8 Å². The molecule has 3 aliphatic rings. The number of halogens is 2. The summed E-state index contributed by atoms with van der Waals surface area (Å²) in [6.45, 7) is 0.907. The van der Waals surface area contributed by atoms with Crippen molar-refractivity contribution in [1.29, 1.82) is 0 Å². The number of hydrogen-bond donors (Lipinski definition) is 1. The van der Waals surface area contributed by atoms with Crippen LogP contribution in [0.1, 0.15) is 44.9 Å². The summed E-state index contributed by atoms with van der Waals surface area (Å²) in [4.78, 5) is 14.1. The third kappa shape index (κ3) is 2.16. The molecule has 1 aliphatic heterocycles. The normalized spacial score (nSPS) is 40.4. The molecule has 3 nitrogen and oxygen atoms in total. The number of likely N-dealkylation sites (N-methyl/N-ethyl adjacent to an activating group) is 1. The molecule has 1 atom stereocenters. The van der Waals surface area contributed by atoms with Crippen LogP contribution >= 0.6 is 0 Å². The fourth-order valence-electron chi connectivity index (χ4n) is 3.79. The molecule has 1 N–H and O–H groups in total. The zero-order chi connectivity index (χ0) is 13.7. The van der Waals surface area contributed by atoms with Crippen molar-refractivity contribution in [2.75, 3.05) is 13.6 Å². The lowest BCUT2D eigenvalue weighted by Crippen LogP contribution is -2.47. The van der Waals surface area contributed by atoms with E-state index in [-0.39, 0.29) is 24.4 Å². The van der Waals surface area contributed by atoms with Gasteiger partial charge >= 0.3 is 0 Å². The van der Waals surface area contributed by atoms with E-state index >= 15 is 0 Å². The number of nitrogens with one attached hydrogen (secondary N) is 1. The fraction of sp³-hybridized carbons (Fsp3) is 0.929. The summed E-state index contributed by atoms with van der Waals surface area (Å²) in [5.41, 5.74) is -0.709. The summed E-state index contributed by atoms with van der Waals surface area (Å²) >= 11 is 0. The minimum atomic E-state index is -2.44. The molecule has 2 saturated carbocycles. The van der Waals surface area contributed by atoms with E-state index in [1.165, 1.54) is 0 Å². The Morgan fingerprint density at radius 3 is 2.37 bits per heavy atom. The summed E-state index contributed by atoms with van der Waals surface area (Å²) < 4.78 is 26.6. The highest BCUT2D eigenvalue weighted by molar-refractivity contribution is 5.82. The summed E-state index contributed by atoms with van der Waals surface area (Å²) in [5.74, 6) is -2.30. The molecule has 1 heterocycles. The highest BCUT2D eigenvalue weighted by Gasteiger charge is 2.70. The summed E-state index contributed by atoms with van der Waals surface area (Å²) in [5, 5.41) is 3.21. The Morgan fingerprint density at radius 1 is 1.26 bits per heavy atom. The van der Waals surface area contributed by atoms with Crippen LogP contribution in [0, 0.1) is 5.41 Å². The van der Waals surface area contributed by atoms with Crippen LogP contribution in [0.3, 0.4) is 0 Å². The Bertz CT molecular complexity index is 372. The zero-order valence-corrected chi connectivity index (χ0v) is 11.4. The number of nitrogens with zero attached hydrogens (tertiary/aromatic N) is 1. The van der Waals surface area contributed by atoms with Crippen molar-refractivity contribution in [2.45, 2.75) is 63.0 Å². The maximum absolute atomic E-state index is 13.3. The molecule has 0 bridgehead atoms. The van der Waals surface area contributed by atoms with Gasteiger partial charge in [-0.15, -0.1) is 0 Å². The van der Waals surface area contributed by atoms with Crippen LogP contribution in [-0.2, 0) is 4.79 Å². The van der Waals surface area contributed by atoms with Crippen molar-refractivity contribution in [2.24, 2.45) is 5.41 Å². The molecule has 1 spiro atoms. The molecule has 1 saturated heterocycles. The predicted molar refractivity (Wildman–Crippen MR) is 68.0 cm³/mol. The van der Waals surface area contributed by atoms with E-state index < -0.39 is 11.3 Å². The highest BCUT2D eigenvalue weighted by atomic mass is 19.3. The Labute approximate surface area is 112 Å². The van der Waals surface area contributed by atoms with E-state index in [9.17, 15) is 13.6 Å². The number of carbonyl (C=O) groups is 1. The molecule has 0 aromatic carbocycles. The molecule has 19 heavy (non-hydrogen) atoms. The average molecular weight is 272 g/mol. The maximum atomic E-state index is 13.3. The summed E-state index contributed by atoms with van der Waals surface area (Å²) in [6.07, 6.45) is 4.60. The first kappa shape index (κ1) is 13.3. The number of hydrogen-bond acceptors (Lipinski definition) is 2. The van der Waals surface area contributed by atoms with Gasteiger partial charge in [0, 0.05) is 24.9 Å². The van der Waals surface area contributed by atoms with Crippen molar-refractivity contribution in [3.05, 3.63) is 0 Å². The Balaban J connectivity index is 1.55. The van der Waals surface area contributed by atoms with Crippen LogP contribution in [0.25, 0.3) is 0 Å². The number of rotatable bonds is 2. The molecule has 5 heteroatoms. The van der Waals surface area contributed by atoms with Gasteiger partial charge in [-0.2, -0.15) is 0 Å². The predicted octanol–water partition coefficient (Wildman–Crippen LogP) is 2.16. The van der Waals surface area contributed by atoms with Gasteiger partial charge in [-0.25, -0.2) is 8.78 Å². The minimum absolute atomic E-state index is 0.0525. The quantitative estimate of drug-likeness (QED) is 0.835. The lowest BCUT2D eigenvalue weighted by Gasteiger charge is -2.36. The van der Waals surface area contributed by atoms with Crippen LogP contribution in [-0.4, -0.2) is 42.4 Å². The van der Waals surface area contributed by atoms with Gasteiger partial charge in [-0.05, 0) is 45.1 Å². The standard InChI is InChI=1S/C14H22F2N2O/c1-18(12(19)11-3-2-8-17-11)10-4-6-13(7-5-10)9-14(13,15)16/h10-11,17H,2-9H2,1H3/t10?,11-,13?/m0/s1. The average Bonchev–Trinajstić information content (AvgIpc) is 2.80. The minimum Gasteiger partial charge on any atom is -0.341 e. The molecule has 3 fully saturated rings. The largest absolute Gasteiger partial charge is 0.341 e. The number of alkyl halides is 2. The number of amides is 1. The van der Waals surface area contributed by atoms with Gasteiger partial charge in [0.15, 0.2) is 0 Å². The summed E-state index contributed by atoms with van der Waals surface area (Å²) in [7, 11) is 1.83. The first-order valence-corrected chi connectivity index (χ1v) is 7.33. The Hall–Kier alpha value is -0.710. The Kier molecular flexibility index (Phi) is 3.08. The van der Waals surface area contributed by atoms with Crippen molar-refractivity contribution in [3.8, 4) is 0 Å². The zero-order valence-electron chi connectivity index (χ0n) is 11.4. The first-order valence-electron chi connectivity index (χ1n) is 7.33. The Morgan fingerprint density at radius 2 is 1.89 bits per heavy atom. The first-order chi connectivity index (χ1) is 8.95. The van der Waals surface area contributed by atoms with Gasteiger partial charge in [0.2, 0.25) is 5.91 Å². The van der Waals surface area contributed by atoms with Gasteiger partial charge < -0.3 is 10.2 Å². The van der Waals surface area contributed by atoms with E-state index in [1.54, 1.807) is 4.90 Å². The van der Waals surface area contributed by atoms with Gasteiger partial charge in [0.05, 0.1) is 6.04 Å². The molecule has 0 radical (unpaired) electrons. The third-order valence-electron chi connectivity index (χ3n) is 5.38. The van der Waals surface area contributed by atoms with E-state index in [1.807, 2.05) is 7.05 Å². The second-order valence-electron chi connectivity index (χ2n) is 6.49. The lowest BCUT2D eigenvalue weighted by molar-refractivity contribution is -0.134. The van der Waals surface area contributed by atoms with Crippen molar-refractivity contribution >= 4 is 5.91 Å². The second-order valence-corrected chi connectivity index (χ2v) is 6.49. The fourth-order valence-corrected chi connectivity index (χ4v) is 3.79. The molecule has 0 aromatic heterocycles. The molecular weight excluding hydrogens is 250 g/mol. The van der Waals surface area contributed by atoms with Crippen LogP contribution in [0.2, 0.25) is 0 Å². The molecule has 0 unspecified atom stereocenters. The smallest absolute Gasteiger partial charge is 0.254 e. The number of carbonyl (C=O) groups excluding carboxylic acids is 1. The SMILES string of the molecule is CN(C(=O)[C@@H]1CCCN1)C1CCC2(CC1)CC2(F)F. The second kappa shape index (κ2) is 4.40. The van der Waals surface area contributed by atoms with Crippen LogP contribution in [0.5, 0.6) is 0 Å². The van der Waals surface area contributed by atoms with Gasteiger partial charge in [-0.1, -0.05) is 0 Å². The van der Waals surface area contributed by atoms with Crippen molar-refractivity contribution in [3.63, 3.8) is 0 Å². The van der Waals surface area contributed by atoms with E-state index in [2.05, 4.69) is 5.32 Å². The molecule has 3 rings (SSSR count). The van der Waals surface area contributed by atoms with Crippen LogP contribution in [0.4, 0.5) is 8.78 Å². The van der Waals surface area contributed by atoms with E-state index in [4.69, 9.17) is 0 Å². The third-order valence-corrected chi connectivity index (χ3v) is 5.38. The van der Waals surface area contributed by atoms with Crippen LogP contribution in [0.15, 0.2) is 0 Å². The lowest BCUT2D eigenvalue weighted by atomic mass is 9.82. The van der Waals surface area contributed by atoms with Gasteiger partial charge in [-0.3, -0.25) is 4.79 Å². The molecule has 108 valence electrons. The van der Waals surface area contributed by atoms with Crippen molar-refractivity contribution in [1.82, 2.24) is 10.2 Å². The highest BCUT2D eigenvalue weighted by Crippen LogP contribution is 2.67. The van der Waals surface area contributed by atoms with Crippen molar-refractivity contribution < 1.29 is 13.6 Å². The molecule has 1 amide bonds. The van der Waals surface area contributed by atoms with Gasteiger partial charge in [0.25, 0.3) is 5.92 Å². The monoisotopic (exact) mass is 272 g/mol. The van der Waals surface area contributed by atoms with E-state index in [0.717, 1.165) is 32.2 Å². The van der Waals surface area contributed by atoms with Crippen LogP contribution < -0.4 is 5.32 Å². The summed E-state index contributed by atoms with van der Waals surface area (Å²) in [6, 6.07) is 0.0974. The molecule has 0 aromatic rings. The maximum Gasteiger partial charge on any atom is 0.254 e. The van der Waals surface area contributed by atoms with Gasteiger partial charge in [0.1, 0.15) is 0 Å². The molecule has 2 aliphatic carbocycles. The molecular formula is C14H22F2N2O.